The molecule has 0 unspecified atom stereocenters. The van der Waals surface area contributed by atoms with E-state index in [4.69, 9.17) is 5.73 Å². The maximum atomic E-state index is 12.2. The first-order valence-corrected chi connectivity index (χ1v) is 5.74. The molecule has 1 aliphatic rings. The summed E-state index contributed by atoms with van der Waals surface area (Å²) in [5.74, 6) is 0.329. The third-order valence-electron chi connectivity index (χ3n) is 2.94. The Hall–Kier alpha value is -1.77. The number of nitrogen functional groups attached to an aromatic ring is 1. The largest absolute Gasteiger partial charge is 0.401 e. The summed E-state index contributed by atoms with van der Waals surface area (Å²) in [6, 6.07) is 0. The van der Waals surface area contributed by atoms with Gasteiger partial charge in [0.05, 0.1) is 12.9 Å². The van der Waals surface area contributed by atoms with Gasteiger partial charge in [-0.05, 0) is 0 Å². The number of aromatic nitrogens is 2. The van der Waals surface area contributed by atoms with Gasteiger partial charge in [-0.25, -0.2) is 4.98 Å². The molecule has 1 aromatic rings. The molecular formula is C10H14F3N5O. The number of nitrogens with zero attached hydrogens (tertiary/aromatic N) is 3. The van der Waals surface area contributed by atoms with Gasteiger partial charge in [-0.2, -0.15) is 13.2 Å². The number of anilines is 2. The van der Waals surface area contributed by atoms with Gasteiger partial charge in [0.1, 0.15) is 5.69 Å². The molecule has 2 heterocycles. The number of aromatic amines is 1. The number of hydrogen-bond donors (Lipinski definition) is 2. The average molecular weight is 277 g/mol. The Bertz CT molecular complexity index is 493. The lowest BCUT2D eigenvalue weighted by Crippen LogP contribution is -2.49. The van der Waals surface area contributed by atoms with E-state index < -0.39 is 18.3 Å². The van der Waals surface area contributed by atoms with Crippen LogP contribution in [0.4, 0.5) is 24.7 Å². The second-order valence-electron chi connectivity index (χ2n) is 4.35. The molecule has 6 nitrogen and oxygen atoms in total. The molecule has 0 aliphatic carbocycles. The minimum atomic E-state index is -4.19. The predicted molar refractivity (Wildman–Crippen MR) is 64.0 cm³/mol. The van der Waals surface area contributed by atoms with Gasteiger partial charge in [0, 0.05) is 26.2 Å². The molecular weight excluding hydrogens is 263 g/mol. The molecule has 0 amide bonds. The van der Waals surface area contributed by atoms with Crippen molar-refractivity contribution in [3.05, 3.63) is 16.7 Å². The summed E-state index contributed by atoms with van der Waals surface area (Å²) in [6.45, 7) is 0.313. The van der Waals surface area contributed by atoms with Crippen molar-refractivity contribution in [1.29, 1.82) is 0 Å². The lowest BCUT2D eigenvalue weighted by molar-refractivity contribution is -0.146. The van der Waals surface area contributed by atoms with Crippen LogP contribution in [-0.4, -0.2) is 53.8 Å². The average Bonchev–Trinajstić information content (AvgIpc) is 2.32. The van der Waals surface area contributed by atoms with Gasteiger partial charge in [0.25, 0.3) is 5.56 Å². The SMILES string of the molecule is Nc1c(N2CCN(CC(F)(F)F)CC2)nc[nH]c1=O. The molecule has 3 N–H and O–H groups in total. The van der Waals surface area contributed by atoms with Crippen molar-refractivity contribution in [2.24, 2.45) is 0 Å². The van der Waals surface area contributed by atoms with E-state index in [1.807, 2.05) is 0 Å². The zero-order valence-electron chi connectivity index (χ0n) is 10.1. The van der Waals surface area contributed by atoms with Gasteiger partial charge in [-0.1, -0.05) is 0 Å². The Balaban J connectivity index is 2.00. The fraction of sp³-hybridized carbons (Fsp3) is 0.600. The topological polar surface area (TPSA) is 78.2 Å². The van der Waals surface area contributed by atoms with Gasteiger partial charge in [-0.3, -0.25) is 9.69 Å². The predicted octanol–water partition coefficient (Wildman–Crippen LogP) is 0.0364. The molecule has 2 rings (SSSR count). The van der Waals surface area contributed by atoms with E-state index in [1.165, 1.54) is 11.2 Å². The van der Waals surface area contributed by atoms with Gasteiger partial charge in [-0.15, -0.1) is 0 Å². The summed E-state index contributed by atoms with van der Waals surface area (Å²) in [7, 11) is 0. The summed E-state index contributed by atoms with van der Waals surface area (Å²) in [5.41, 5.74) is 5.16. The van der Waals surface area contributed by atoms with E-state index in [-0.39, 0.29) is 18.8 Å². The Morgan fingerprint density at radius 3 is 2.53 bits per heavy atom. The van der Waals surface area contributed by atoms with Gasteiger partial charge in [0.2, 0.25) is 0 Å². The van der Waals surface area contributed by atoms with Crippen LogP contribution in [0.5, 0.6) is 0 Å². The molecule has 106 valence electrons. The highest BCUT2D eigenvalue weighted by Gasteiger charge is 2.32. The standard InChI is InChI=1S/C10H14F3N5O/c11-10(12,13)5-17-1-3-18(4-2-17)8-7(14)9(19)16-6-15-8/h6H,1-5,14H2,(H,15,16,19). The van der Waals surface area contributed by atoms with Crippen LogP contribution in [0.1, 0.15) is 0 Å². The molecule has 1 aromatic heterocycles. The number of hydrogen-bond acceptors (Lipinski definition) is 5. The van der Waals surface area contributed by atoms with Crippen LogP contribution in [0.3, 0.4) is 0 Å². The van der Waals surface area contributed by atoms with Crippen molar-refractivity contribution in [2.75, 3.05) is 43.4 Å². The normalized spacial score (nSPS) is 17.7. The van der Waals surface area contributed by atoms with Crippen molar-refractivity contribution >= 4 is 11.5 Å². The molecule has 19 heavy (non-hydrogen) atoms. The number of halogens is 3. The maximum Gasteiger partial charge on any atom is 0.401 e. The maximum absolute atomic E-state index is 12.2. The van der Waals surface area contributed by atoms with Crippen LogP contribution in [-0.2, 0) is 0 Å². The van der Waals surface area contributed by atoms with Crippen molar-refractivity contribution in [1.82, 2.24) is 14.9 Å². The number of nitrogens with two attached hydrogens (primary N) is 1. The van der Waals surface area contributed by atoms with Crippen LogP contribution in [0, 0.1) is 0 Å². The molecule has 0 bridgehead atoms. The zero-order valence-corrected chi connectivity index (χ0v) is 10.1. The summed E-state index contributed by atoms with van der Waals surface area (Å²) < 4.78 is 36.7. The Morgan fingerprint density at radius 2 is 1.95 bits per heavy atom. The number of piperazine rings is 1. The molecule has 9 heteroatoms. The number of rotatable bonds is 2. The van der Waals surface area contributed by atoms with Gasteiger partial charge < -0.3 is 15.6 Å². The van der Waals surface area contributed by atoms with E-state index >= 15 is 0 Å². The third-order valence-corrected chi connectivity index (χ3v) is 2.94. The highest BCUT2D eigenvalue weighted by molar-refractivity contribution is 5.61. The van der Waals surface area contributed by atoms with E-state index in [0.29, 0.717) is 18.9 Å². The lowest BCUT2D eigenvalue weighted by Gasteiger charge is -2.35. The monoisotopic (exact) mass is 277 g/mol. The van der Waals surface area contributed by atoms with E-state index in [9.17, 15) is 18.0 Å². The van der Waals surface area contributed by atoms with Crippen LogP contribution < -0.4 is 16.2 Å². The highest BCUT2D eigenvalue weighted by Crippen LogP contribution is 2.20. The summed E-state index contributed by atoms with van der Waals surface area (Å²) in [4.78, 5) is 20.7. The van der Waals surface area contributed by atoms with Crippen LogP contribution in [0.2, 0.25) is 0 Å². The highest BCUT2D eigenvalue weighted by atomic mass is 19.4. The lowest BCUT2D eigenvalue weighted by atomic mass is 10.3. The first-order valence-electron chi connectivity index (χ1n) is 5.74. The fourth-order valence-electron chi connectivity index (χ4n) is 2.02. The smallest absolute Gasteiger partial charge is 0.391 e. The third kappa shape index (κ3) is 3.37. The Labute approximate surface area is 107 Å². The molecule has 0 atom stereocenters. The van der Waals surface area contributed by atoms with Crippen molar-refractivity contribution in [3.63, 3.8) is 0 Å². The van der Waals surface area contributed by atoms with Crippen molar-refractivity contribution in [2.45, 2.75) is 6.18 Å². The second-order valence-corrected chi connectivity index (χ2v) is 4.35. The number of nitrogens with one attached hydrogen (secondary N) is 1. The summed E-state index contributed by atoms with van der Waals surface area (Å²) >= 11 is 0. The van der Waals surface area contributed by atoms with Crippen LogP contribution >= 0.6 is 0 Å². The molecule has 0 radical (unpaired) electrons. The zero-order chi connectivity index (χ0) is 14.0. The Kier molecular flexibility index (Phi) is 3.65. The first kappa shape index (κ1) is 13.7. The van der Waals surface area contributed by atoms with Crippen LogP contribution in [0.25, 0.3) is 0 Å². The van der Waals surface area contributed by atoms with Crippen molar-refractivity contribution in [3.8, 4) is 0 Å². The summed E-state index contributed by atoms with van der Waals surface area (Å²) in [6.07, 6.45) is -2.96. The molecule has 1 aliphatic heterocycles. The molecule has 0 saturated carbocycles. The van der Waals surface area contributed by atoms with E-state index in [2.05, 4.69) is 9.97 Å². The number of alkyl halides is 3. The molecule has 0 aromatic carbocycles. The summed E-state index contributed by atoms with van der Waals surface area (Å²) in [5, 5.41) is 0. The second kappa shape index (κ2) is 5.08. The van der Waals surface area contributed by atoms with Crippen molar-refractivity contribution < 1.29 is 13.2 Å². The van der Waals surface area contributed by atoms with Crippen LogP contribution in [0.15, 0.2) is 11.1 Å². The molecule has 0 spiro atoms. The minimum Gasteiger partial charge on any atom is -0.391 e. The quantitative estimate of drug-likeness (QED) is 0.798. The van der Waals surface area contributed by atoms with E-state index in [1.54, 1.807) is 4.90 Å². The first-order chi connectivity index (χ1) is 8.87. The fourth-order valence-corrected chi connectivity index (χ4v) is 2.02. The Morgan fingerprint density at radius 1 is 1.32 bits per heavy atom. The van der Waals surface area contributed by atoms with Gasteiger partial charge >= 0.3 is 6.18 Å². The minimum absolute atomic E-state index is 0.00762. The van der Waals surface area contributed by atoms with Gasteiger partial charge in [0.15, 0.2) is 5.82 Å². The number of H-pyrrole nitrogens is 1. The van der Waals surface area contributed by atoms with E-state index in [0.717, 1.165) is 0 Å². The molecule has 1 fully saturated rings. The molecule has 1 saturated heterocycles.